The molecule has 1 N–H and O–H groups in total. The summed E-state index contributed by atoms with van der Waals surface area (Å²) < 4.78 is 5.93. The van der Waals surface area contributed by atoms with Gasteiger partial charge in [0, 0.05) is 29.8 Å². The van der Waals surface area contributed by atoms with Crippen molar-refractivity contribution in [3.05, 3.63) is 28.8 Å². The van der Waals surface area contributed by atoms with Crippen molar-refractivity contribution < 1.29 is 4.74 Å². The predicted octanol–water partition coefficient (Wildman–Crippen LogP) is 3.60. The van der Waals surface area contributed by atoms with E-state index < -0.39 is 0 Å². The maximum absolute atomic E-state index is 6.26. The van der Waals surface area contributed by atoms with Crippen molar-refractivity contribution >= 4 is 17.3 Å². The van der Waals surface area contributed by atoms with Crippen molar-refractivity contribution in [2.24, 2.45) is 0 Å². The molecule has 0 spiro atoms. The smallest absolute Gasteiger partial charge is 0.0779 e. The second-order valence-electron chi connectivity index (χ2n) is 6.41. The normalized spacial score (nSPS) is 25.4. The first-order valence-corrected chi connectivity index (χ1v) is 8.43. The Bertz CT molecular complexity index is 492. The van der Waals surface area contributed by atoms with Crippen LogP contribution in [0.2, 0.25) is 5.02 Å². The number of hydrogen-bond acceptors (Lipinski definition) is 3. The standard InChI is InChI=1S/C17H25ClN2O/c1-12(2)19-11-13-6-7-14(18)10-16(13)20-8-9-21-17-5-3-4-15(17)20/h6-7,10,12,15,17,19H,3-5,8-9,11H2,1-2H3. The van der Waals surface area contributed by atoms with E-state index in [9.17, 15) is 0 Å². The summed E-state index contributed by atoms with van der Waals surface area (Å²) in [6.45, 7) is 7.04. The third-order valence-corrected chi connectivity index (χ3v) is 4.77. The highest BCUT2D eigenvalue weighted by Crippen LogP contribution is 2.35. The molecule has 0 bridgehead atoms. The lowest BCUT2D eigenvalue weighted by Gasteiger charge is -2.40. The summed E-state index contributed by atoms with van der Waals surface area (Å²) in [7, 11) is 0. The van der Waals surface area contributed by atoms with Crippen molar-refractivity contribution in [3.63, 3.8) is 0 Å². The third kappa shape index (κ3) is 3.36. The first kappa shape index (κ1) is 15.1. The Morgan fingerprint density at radius 2 is 2.24 bits per heavy atom. The van der Waals surface area contributed by atoms with E-state index in [0.29, 0.717) is 18.2 Å². The molecule has 3 nitrogen and oxygen atoms in total. The van der Waals surface area contributed by atoms with Gasteiger partial charge in [-0.05, 0) is 37.0 Å². The quantitative estimate of drug-likeness (QED) is 0.920. The molecule has 2 atom stereocenters. The highest BCUT2D eigenvalue weighted by atomic mass is 35.5. The molecule has 1 saturated heterocycles. The maximum Gasteiger partial charge on any atom is 0.0779 e. The summed E-state index contributed by atoms with van der Waals surface area (Å²) in [6, 6.07) is 7.29. The average Bonchev–Trinajstić information content (AvgIpc) is 2.94. The fraction of sp³-hybridized carbons (Fsp3) is 0.647. The van der Waals surface area contributed by atoms with Gasteiger partial charge in [-0.25, -0.2) is 0 Å². The van der Waals surface area contributed by atoms with E-state index in [2.05, 4.69) is 36.2 Å². The van der Waals surface area contributed by atoms with Crippen molar-refractivity contribution in [1.82, 2.24) is 5.32 Å². The molecule has 21 heavy (non-hydrogen) atoms. The molecule has 0 radical (unpaired) electrons. The lowest BCUT2D eigenvalue weighted by atomic mass is 10.1. The number of morpholine rings is 1. The molecule has 1 heterocycles. The van der Waals surface area contributed by atoms with Crippen molar-refractivity contribution in [3.8, 4) is 0 Å². The fourth-order valence-electron chi connectivity index (χ4n) is 3.49. The van der Waals surface area contributed by atoms with Gasteiger partial charge in [0.15, 0.2) is 0 Å². The molecule has 2 fully saturated rings. The Morgan fingerprint density at radius 1 is 1.38 bits per heavy atom. The lowest BCUT2D eigenvalue weighted by Crippen LogP contribution is -2.49. The van der Waals surface area contributed by atoms with Crippen molar-refractivity contribution in [2.75, 3.05) is 18.1 Å². The highest BCUT2D eigenvalue weighted by molar-refractivity contribution is 6.30. The zero-order chi connectivity index (χ0) is 14.8. The van der Waals surface area contributed by atoms with Crippen LogP contribution in [-0.4, -0.2) is 31.3 Å². The molecule has 1 saturated carbocycles. The number of nitrogens with zero attached hydrogens (tertiary/aromatic N) is 1. The van der Waals surface area contributed by atoms with Crippen LogP contribution in [0.25, 0.3) is 0 Å². The van der Waals surface area contributed by atoms with Crippen LogP contribution in [-0.2, 0) is 11.3 Å². The van der Waals surface area contributed by atoms with Gasteiger partial charge in [0.05, 0.1) is 18.8 Å². The summed E-state index contributed by atoms with van der Waals surface area (Å²) in [5.74, 6) is 0. The molecule has 1 aromatic rings. The van der Waals surface area contributed by atoms with Crippen LogP contribution < -0.4 is 10.2 Å². The van der Waals surface area contributed by atoms with E-state index in [4.69, 9.17) is 16.3 Å². The number of fused-ring (bicyclic) bond motifs is 1. The van der Waals surface area contributed by atoms with Crippen molar-refractivity contribution in [2.45, 2.75) is 57.8 Å². The van der Waals surface area contributed by atoms with E-state index in [1.165, 1.54) is 30.5 Å². The topological polar surface area (TPSA) is 24.5 Å². The molecule has 0 aromatic heterocycles. The van der Waals surface area contributed by atoms with Crippen LogP contribution in [0.15, 0.2) is 18.2 Å². The van der Waals surface area contributed by atoms with Gasteiger partial charge in [0.2, 0.25) is 0 Å². The molecule has 1 aliphatic heterocycles. The molecular weight excluding hydrogens is 284 g/mol. The minimum Gasteiger partial charge on any atom is -0.374 e. The molecule has 2 aliphatic rings. The highest BCUT2D eigenvalue weighted by Gasteiger charge is 2.36. The minimum absolute atomic E-state index is 0.406. The van der Waals surface area contributed by atoms with E-state index in [-0.39, 0.29) is 0 Å². The number of benzene rings is 1. The van der Waals surface area contributed by atoms with Gasteiger partial charge in [0.1, 0.15) is 0 Å². The molecule has 4 heteroatoms. The Balaban J connectivity index is 1.86. The fourth-order valence-corrected chi connectivity index (χ4v) is 3.66. The number of hydrogen-bond donors (Lipinski definition) is 1. The SMILES string of the molecule is CC(C)NCc1ccc(Cl)cc1N1CCOC2CCCC21. The Labute approximate surface area is 132 Å². The summed E-state index contributed by atoms with van der Waals surface area (Å²) in [5, 5.41) is 4.34. The average molecular weight is 309 g/mol. The number of anilines is 1. The predicted molar refractivity (Wildman–Crippen MR) is 88.2 cm³/mol. The van der Waals surface area contributed by atoms with E-state index in [1.807, 2.05) is 6.07 Å². The van der Waals surface area contributed by atoms with Gasteiger partial charge in [0.25, 0.3) is 0 Å². The van der Waals surface area contributed by atoms with Gasteiger partial charge >= 0.3 is 0 Å². The molecule has 1 aromatic carbocycles. The largest absolute Gasteiger partial charge is 0.374 e. The maximum atomic E-state index is 6.26. The monoisotopic (exact) mass is 308 g/mol. The number of ether oxygens (including phenoxy) is 1. The van der Waals surface area contributed by atoms with Gasteiger partial charge in [-0.3, -0.25) is 0 Å². The third-order valence-electron chi connectivity index (χ3n) is 4.54. The van der Waals surface area contributed by atoms with Crippen LogP contribution in [0.3, 0.4) is 0 Å². The Hall–Kier alpha value is -0.770. The molecule has 0 amide bonds. The Morgan fingerprint density at radius 3 is 3.05 bits per heavy atom. The van der Waals surface area contributed by atoms with Gasteiger partial charge < -0.3 is 15.0 Å². The van der Waals surface area contributed by atoms with Crippen LogP contribution in [0.4, 0.5) is 5.69 Å². The van der Waals surface area contributed by atoms with Crippen LogP contribution in [0.1, 0.15) is 38.7 Å². The van der Waals surface area contributed by atoms with E-state index in [0.717, 1.165) is 24.7 Å². The number of halogens is 1. The van der Waals surface area contributed by atoms with Gasteiger partial charge in [-0.15, -0.1) is 0 Å². The zero-order valence-corrected chi connectivity index (χ0v) is 13.7. The first-order valence-electron chi connectivity index (χ1n) is 8.05. The first-order chi connectivity index (χ1) is 10.1. The lowest BCUT2D eigenvalue weighted by molar-refractivity contribution is 0.0255. The molecule has 116 valence electrons. The second-order valence-corrected chi connectivity index (χ2v) is 6.85. The zero-order valence-electron chi connectivity index (χ0n) is 12.9. The summed E-state index contributed by atoms with van der Waals surface area (Å²) in [4.78, 5) is 2.53. The summed E-state index contributed by atoms with van der Waals surface area (Å²) >= 11 is 6.26. The van der Waals surface area contributed by atoms with Gasteiger partial charge in [-0.2, -0.15) is 0 Å². The second kappa shape index (κ2) is 6.55. The molecular formula is C17H25ClN2O. The number of rotatable bonds is 4. The van der Waals surface area contributed by atoms with E-state index >= 15 is 0 Å². The molecule has 2 unspecified atom stereocenters. The molecule has 3 rings (SSSR count). The minimum atomic E-state index is 0.406. The Kier molecular flexibility index (Phi) is 4.72. The summed E-state index contributed by atoms with van der Waals surface area (Å²) in [6.07, 6.45) is 4.10. The van der Waals surface area contributed by atoms with Crippen molar-refractivity contribution in [1.29, 1.82) is 0 Å². The van der Waals surface area contributed by atoms with Crippen LogP contribution in [0.5, 0.6) is 0 Å². The van der Waals surface area contributed by atoms with Crippen LogP contribution in [0, 0.1) is 0 Å². The van der Waals surface area contributed by atoms with E-state index in [1.54, 1.807) is 0 Å². The number of nitrogens with one attached hydrogen (secondary N) is 1. The molecule has 1 aliphatic carbocycles. The van der Waals surface area contributed by atoms with Crippen LogP contribution >= 0.6 is 11.6 Å². The van der Waals surface area contributed by atoms with Gasteiger partial charge in [-0.1, -0.05) is 31.5 Å². The summed E-state index contributed by atoms with van der Waals surface area (Å²) in [5.41, 5.74) is 2.62.